The summed E-state index contributed by atoms with van der Waals surface area (Å²) in [4.78, 5) is 22.2. The van der Waals surface area contributed by atoms with Gasteiger partial charge >= 0.3 is 7.60 Å². The van der Waals surface area contributed by atoms with Crippen molar-refractivity contribution >= 4 is 7.60 Å². The summed E-state index contributed by atoms with van der Waals surface area (Å²) in [6.45, 7) is 22.1. The molecule has 26 heavy (non-hydrogen) atoms. The lowest BCUT2D eigenvalue weighted by Gasteiger charge is -2.13. The molecule has 5 nitrogen and oxygen atoms in total. The van der Waals surface area contributed by atoms with Crippen molar-refractivity contribution in [1.29, 1.82) is 0 Å². The molecular formula is C20H41N2O3P. The standard InChI is InChI=1S/C8H11O3P.2C6H15N/c1-7-4-2-3-5-8(7)6-12(9,10)11;2*1-4-7(5-2)6-3/h2-5H,6H2,1H3,(H2,9,10,11);2*4-6H2,1-3H3. The van der Waals surface area contributed by atoms with E-state index in [0.717, 1.165) is 5.56 Å². The van der Waals surface area contributed by atoms with Crippen molar-refractivity contribution < 1.29 is 14.4 Å². The lowest BCUT2D eigenvalue weighted by atomic mass is 10.1. The third kappa shape index (κ3) is 15.5. The second-order valence-corrected chi connectivity index (χ2v) is 7.63. The van der Waals surface area contributed by atoms with Gasteiger partial charge in [-0.2, -0.15) is 0 Å². The van der Waals surface area contributed by atoms with Gasteiger partial charge in [0.05, 0.1) is 6.16 Å². The number of benzene rings is 1. The Kier molecular flexibility index (Phi) is 17.4. The maximum atomic E-state index is 10.6. The minimum atomic E-state index is -3.91. The maximum absolute atomic E-state index is 10.6. The molecule has 1 aromatic carbocycles. The lowest BCUT2D eigenvalue weighted by molar-refractivity contribution is 0.321. The van der Waals surface area contributed by atoms with E-state index >= 15 is 0 Å². The predicted octanol–water partition coefficient (Wildman–Crippen LogP) is 4.37. The van der Waals surface area contributed by atoms with Crippen molar-refractivity contribution in [2.45, 2.75) is 54.6 Å². The fraction of sp³-hybridized carbons (Fsp3) is 0.700. The van der Waals surface area contributed by atoms with Gasteiger partial charge in [0.2, 0.25) is 0 Å². The molecule has 0 heterocycles. The van der Waals surface area contributed by atoms with Crippen LogP contribution >= 0.6 is 7.60 Å². The molecule has 1 rings (SSSR count). The molecule has 0 aliphatic carbocycles. The highest BCUT2D eigenvalue weighted by atomic mass is 31.2. The average Bonchev–Trinajstić information content (AvgIpc) is 2.60. The molecule has 2 N–H and O–H groups in total. The zero-order valence-electron chi connectivity index (χ0n) is 17.9. The van der Waals surface area contributed by atoms with Gasteiger partial charge < -0.3 is 19.6 Å². The summed E-state index contributed by atoms with van der Waals surface area (Å²) < 4.78 is 10.6. The Balaban J connectivity index is 0. The fourth-order valence-corrected chi connectivity index (χ4v) is 3.15. The average molecular weight is 389 g/mol. The minimum Gasteiger partial charge on any atom is -0.324 e. The van der Waals surface area contributed by atoms with E-state index in [0.29, 0.717) is 5.56 Å². The Hall–Kier alpha value is -0.710. The first-order valence-corrected chi connectivity index (χ1v) is 11.5. The highest BCUT2D eigenvalue weighted by Crippen LogP contribution is 2.39. The van der Waals surface area contributed by atoms with Crippen LogP contribution in [-0.4, -0.2) is 58.9 Å². The summed E-state index contributed by atoms with van der Waals surface area (Å²) in [7, 11) is -3.91. The Bertz CT molecular complexity index is 461. The SMILES string of the molecule is CCN(CC)CC.CCN(CC)CC.Cc1ccccc1CP(=O)(O)O. The molecule has 0 fully saturated rings. The van der Waals surface area contributed by atoms with Crippen molar-refractivity contribution in [2.24, 2.45) is 0 Å². The summed E-state index contributed by atoms with van der Waals surface area (Å²) >= 11 is 0. The third-order valence-corrected chi connectivity index (χ3v) is 5.07. The van der Waals surface area contributed by atoms with E-state index in [4.69, 9.17) is 9.79 Å². The van der Waals surface area contributed by atoms with Crippen LogP contribution in [0.5, 0.6) is 0 Å². The van der Waals surface area contributed by atoms with Crippen LogP contribution in [0.3, 0.4) is 0 Å². The van der Waals surface area contributed by atoms with E-state index in [-0.39, 0.29) is 6.16 Å². The zero-order valence-corrected chi connectivity index (χ0v) is 18.8. The highest BCUT2D eigenvalue weighted by molar-refractivity contribution is 7.50. The number of aryl methyl sites for hydroxylation is 1. The van der Waals surface area contributed by atoms with Crippen molar-refractivity contribution in [1.82, 2.24) is 9.80 Å². The number of hydrogen-bond donors (Lipinski definition) is 2. The van der Waals surface area contributed by atoms with E-state index < -0.39 is 7.60 Å². The van der Waals surface area contributed by atoms with E-state index in [9.17, 15) is 4.57 Å². The summed E-state index contributed by atoms with van der Waals surface area (Å²) in [5, 5.41) is 0. The van der Waals surface area contributed by atoms with Crippen LogP contribution in [0.4, 0.5) is 0 Å². The van der Waals surface area contributed by atoms with Crippen LogP contribution < -0.4 is 0 Å². The Morgan fingerprint density at radius 2 is 1.12 bits per heavy atom. The first-order chi connectivity index (χ1) is 12.2. The van der Waals surface area contributed by atoms with Gasteiger partial charge in [-0.05, 0) is 57.3 Å². The lowest BCUT2D eigenvalue weighted by Crippen LogP contribution is -2.21. The van der Waals surface area contributed by atoms with Crippen LogP contribution in [0.25, 0.3) is 0 Å². The van der Waals surface area contributed by atoms with Gasteiger partial charge in [-0.1, -0.05) is 65.8 Å². The van der Waals surface area contributed by atoms with E-state index in [1.165, 1.54) is 39.3 Å². The number of hydrogen-bond acceptors (Lipinski definition) is 3. The monoisotopic (exact) mass is 388 g/mol. The second kappa shape index (κ2) is 16.5. The van der Waals surface area contributed by atoms with Gasteiger partial charge in [0.25, 0.3) is 0 Å². The molecule has 0 atom stereocenters. The zero-order chi connectivity index (χ0) is 20.6. The van der Waals surface area contributed by atoms with Gasteiger partial charge in [0.15, 0.2) is 0 Å². The van der Waals surface area contributed by atoms with Crippen molar-refractivity contribution in [2.75, 3.05) is 39.3 Å². The molecule has 0 bridgehead atoms. The molecule has 0 aliphatic heterocycles. The summed E-state index contributed by atoms with van der Waals surface area (Å²) in [5.41, 5.74) is 1.63. The number of nitrogens with zero attached hydrogens (tertiary/aromatic N) is 2. The predicted molar refractivity (Wildman–Crippen MR) is 114 cm³/mol. The third-order valence-electron chi connectivity index (χ3n) is 4.32. The topological polar surface area (TPSA) is 64.0 Å². The fourth-order valence-electron chi connectivity index (χ4n) is 2.35. The normalized spacial score (nSPS) is 10.9. The second-order valence-electron chi connectivity index (χ2n) is 5.99. The molecule has 154 valence electrons. The first-order valence-electron chi connectivity index (χ1n) is 9.72. The van der Waals surface area contributed by atoms with Crippen LogP contribution in [0.15, 0.2) is 24.3 Å². The maximum Gasteiger partial charge on any atom is 0.329 e. The summed E-state index contributed by atoms with van der Waals surface area (Å²) in [6, 6.07) is 7.19. The van der Waals surface area contributed by atoms with Crippen LogP contribution in [-0.2, 0) is 10.7 Å². The molecule has 0 amide bonds. The van der Waals surface area contributed by atoms with Crippen molar-refractivity contribution in [3.05, 3.63) is 35.4 Å². The first kappa shape index (κ1) is 27.5. The number of rotatable bonds is 8. The Labute approximate surface area is 161 Å². The summed E-state index contributed by atoms with van der Waals surface area (Å²) in [6.07, 6.45) is -0.167. The van der Waals surface area contributed by atoms with E-state index in [1.807, 2.05) is 19.1 Å². The molecule has 6 heteroatoms. The Morgan fingerprint density at radius 1 is 0.769 bits per heavy atom. The van der Waals surface area contributed by atoms with Gasteiger partial charge in [-0.3, -0.25) is 4.57 Å². The summed E-state index contributed by atoms with van der Waals surface area (Å²) in [5.74, 6) is 0. The molecule has 0 radical (unpaired) electrons. The quantitative estimate of drug-likeness (QED) is 0.648. The molecule has 0 aliphatic rings. The van der Waals surface area contributed by atoms with Gasteiger partial charge in [0, 0.05) is 0 Å². The molecule has 0 saturated heterocycles. The van der Waals surface area contributed by atoms with Crippen LogP contribution in [0, 0.1) is 6.92 Å². The molecule has 0 spiro atoms. The largest absolute Gasteiger partial charge is 0.329 e. The van der Waals surface area contributed by atoms with Gasteiger partial charge in [-0.25, -0.2) is 0 Å². The van der Waals surface area contributed by atoms with E-state index in [1.54, 1.807) is 12.1 Å². The molecule has 0 aromatic heterocycles. The Morgan fingerprint density at radius 3 is 1.35 bits per heavy atom. The van der Waals surface area contributed by atoms with Crippen LogP contribution in [0.1, 0.15) is 52.7 Å². The molecule has 0 saturated carbocycles. The van der Waals surface area contributed by atoms with Crippen LogP contribution in [0.2, 0.25) is 0 Å². The molecule has 0 unspecified atom stereocenters. The molecule has 1 aromatic rings. The van der Waals surface area contributed by atoms with Gasteiger partial charge in [0.1, 0.15) is 0 Å². The van der Waals surface area contributed by atoms with Gasteiger partial charge in [-0.15, -0.1) is 0 Å². The minimum absolute atomic E-state index is 0.167. The smallest absolute Gasteiger partial charge is 0.324 e. The van der Waals surface area contributed by atoms with E-state index in [2.05, 4.69) is 51.3 Å². The van der Waals surface area contributed by atoms with Crippen molar-refractivity contribution in [3.8, 4) is 0 Å². The molecular weight excluding hydrogens is 347 g/mol. The van der Waals surface area contributed by atoms with Crippen molar-refractivity contribution in [3.63, 3.8) is 0 Å². The highest BCUT2D eigenvalue weighted by Gasteiger charge is 2.14.